The van der Waals surface area contributed by atoms with Crippen LogP contribution in [0.25, 0.3) is 10.9 Å². The summed E-state index contributed by atoms with van der Waals surface area (Å²) in [6.07, 6.45) is 2.46. The van der Waals surface area contributed by atoms with Gasteiger partial charge < -0.3 is 0 Å². The molecule has 0 amide bonds. The van der Waals surface area contributed by atoms with Gasteiger partial charge in [0.15, 0.2) is 0 Å². The van der Waals surface area contributed by atoms with Crippen molar-refractivity contribution in [3.63, 3.8) is 0 Å². The molecule has 1 saturated carbocycles. The number of fused-ring (bicyclic) bond motifs is 1. The zero-order valence-electron chi connectivity index (χ0n) is 8.93. The molecule has 0 aliphatic heterocycles. The van der Waals surface area contributed by atoms with E-state index in [0.29, 0.717) is 5.92 Å². The van der Waals surface area contributed by atoms with E-state index in [1.165, 1.54) is 12.8 Å². The van der Waals surface area contributed by atoms with Crippen molar-refractivity contribution in [2.24, 2.45) is 0 Å². The van der Waals surface area contributed by atoms with E-state index < -0.39 is 0 Å². The van der Waals surface area contributed by atoms with Crippen molar-refractivity contribution in [3.8, 4) is 0 Å². The van der Waals surface area contributed by atoms with Crippen LogP contribution in [0.2, 0.25) is 10.0 Å². The molecular weight excluding hydrogens is 241 g/mol. The van der Waals surface area contributed by atoms with Gasteiger partial charge in [0.1, 0.15) is 0 Å². The topological polar surface area (TPSA) is 12.9 Å². The fraction of sp³-hybridized carbons (Fsp3) is 0.308. The normalized spacial score (nSPS) is 15.7. The second-order valence-electron chi connectivity index (χ2n) is 4.42. The molecule has 1 aromatic heterocycles. The molecule has 1 nitrogen and oxygen atoms in total. The lowest BCUT2D eigenvalue weighted by atomic mass is 10.1. The lowest BCUT2D eigenvalue weighted by Gasteiger charge is -2.06. The molecule has 16 heavy (non-hydrogen) atoms. The van der Waals surface area contributed by atoms with Crippen LogP contribution in [0.4, 0.5) is 0 Å². The molecule has 0 saturated heterocycles. The highest BCUT2D eigenvalue weighted by Crippen LogP contribution is 2.41. The van der Waals surface area contributed by atoms with Gasteiger partial charge in [-0.15, -0.1) is 0 Å². The minimum Gasteiger partial charge on any atom is -0.252 e. The number of nitrogens with zero attached hydrogens (tertiary/aromatic N) is 1. The molecule has 0 radical (unpaired) electrons. The average Bonchev–Trinajstić information content (AvgIpc) is 3.04. The maximum atomic E-state index is 6.28. The average molecular weight is 252 g/mol. The molecule has 1 aromatic carbocycles. The first-order valence-corrected chi connectivity index (χ1v) is 6.17. The SMILES string of the molecule is Cc1cc2c(Cl)cc(C3CC3)nc2cc1Cl. The fourth-order valence-electron chi connectivity index (χ4n) is 1.92. The number of aromatic nitrogens is 1. The molecule has 0 spiro atoms. The van der Waals surface area contributed by atoms with Crippen LogP contribution in [0.1, 0.15) is 30.0 Å². The van der Waals surface area contributed by atoms with Gasteiger partial charge in [0.05, 0.1) is 10.5 Å². The lowest BCUT2D eigenvalue weighted by molar-refractivity contribution is 1.04. The standard InChI is InChI=1S/C13H11Cl2N/c1-7-4-9-11(15)6-12(8-2-3-8)16-13(9)5-10(7)14/h4-6,8H,2-3H2,1H3. The summed E-state index contributed by atoms with van der Waals surface area (Å²) in [6, 6.07) is 5.91. The molecule has 1 aliphatic rings. The Morgan fingerprint density at radius 1 is 1.12 bits per heavy atom. The maximum Gasteiger partial charge on any atom is 0.0735 e. The third-order valence-corrected chi connectivity index (χ3v) is 3.77. The number of benzene rings is 1. The van der Waals surface area contributed by atoms with E-state index >= 15 is 0 Å². The summed E-state index contributed by atoms with van der Waals surface area (Å²) in [5.74, 6) is 0.613. The molecule has 0 bridgehead atoms. The molecule has 3 heteroatoms. The third kappa shape index (κ3) is 1.68. The first kappa shape index (κ1) is 10.4. The third-order valence-electron chi connectivity index (χ3n) is 3.05. The number of pyridine rings is 1. The van der Waals surface area contributed by atoms with Gasteiger partial charge in [0.25, 0.3) is 0 Å². The van der Waals surface area contributed by atoms with Crippen molar-refractivity contribution in [3.05, 3.63) is 39.5 Å². The van der Waals surface area contributed by atoms with Gasteiger partial charge in [0, 0.05) is 22.0 Å². The molecule has 2 aromatic rings. The molecule has 3 rings (SSSR count). The largest absolute Gasteiger partial charge is 0.252 e. The van der Waals surface area contributed by atoms with Gasteiger partial charge in [0.2, 0.25) is 0 Å². The van der Waals surface area contributed by atoms with E-state index in [1.807, 2.05) is 25.1 Å². The van der Waals surface area contributed by atoms with Crippen LogP contribution in [0.15, 0.2) is 18.2 Å². The Morgan fingerprint density at radius 3 is 2.56 bits per heavy atom. The Labute approximate surface area is 104 Å². The Hall–Kier alpha value is -0.790. The predicted octanol–water partition coefficient (Wildman–Crippen LogP) is 4.73. The van der Waals surface area contributed by atoms with Gasteiger partial charge >= 0.3 is 0 Å². The van der Waals surface area contributed by atoms with Crippen LogP contribution in [0.5, 0.6) is 0 Å². The van der Waals surface area contributed by atoms with Crippen LogP contribution in [-0.2, 0) is 0 Å². The van der Waals surface area contributed by atoms with Crippen molar-refractivity contribution in [1.82, 2.24) is 4.98 Å². The Balaban J connectivity index is 2.28. The predicted molar refractivity (Wildman–Crippen MR) is 68.5 cm³/mol. The molecule has 1 fully saturated rings. The van der Waals surface area contributed by atoms with Crippen LogP contribution < -0.4 is 0 Å². The highest BCUT2D eigenvalue weighted by atomic mass is 35.5. The monoisotopic (exact) mass is 251 g/mol. The van der Waals surface area contributed by atoms with E-state index in [9.17, 15) is 0 Å². The fourth-order valence-corrected chi connectivity index (χ4v) is 2.34. The summed E-state index contributed by atoms with van der Waals surface area (Å²) in [6.45, 7) is 1.98. The molecule has 82 valence electrons. The first-order chi connectivity index (χ1) is 7.65. The van der Waals surface area contributed by atoms with Gasteiger partial charge in [-0.05, 0) is 43.5 Å². The van der Waals surface area contributed by atoms with E-state index in [1.54, 1.807) is 0 Å². The van der Waals surface area contributed by atoms with Crippen LogP contribution in [0.3, 0.4) is 0 Å². The highest BCUT2D eigenvalue weighted by molar-refractivity contribution is 6.36. The minimum absolute atomic E-state index is 0.613. The first-order valence-electron chi connectivity index (χ1n) is 5.41. The van der Waals surface area contributed by atoms with Gasteiger partial charge in [-0.2, -0.15) is 0 Å². The lowest BCUT2D eigenvalue weighted by Crippen LogP contribution is -1.90. The summed E-state index contributed by atoms with van der Waals surface area (Å²) in [4.78, 5) is 4.63. The van der Waals surface area contributed by atoms with E-state index in [0.717, 1.165) is 32.2 Å². The molecule has 0 N–H and O–H groups in total. The quantitative estimate of drug-likeness (QED) is 0.715. The van der Waals surface area contributed by atoms with Crippen LogP contribution >= 0.6 is 23.2 Å². The summed E-state index contributed by atoms with van der Waals surface area (Å²) in [5.41, 5.74) is 3.06. The summed E-state index contributed by atoms with van der Waals surface area (Å²) in [7, 11) is 0. The second kappa shape index (κ2) is 3.61. The molecular formula is C13H11Cl2N. The maximum absolute atomic E-state index is 6.28. The van der Waals surface area contributed by atoms with Gasteiger partial charge in [-0.1, -0.05) is 23.2 Å². The van der Waals surface area contributed by atoms with Crippen molar-refractivity contribution in [2.45, 2.75) is 25.7 Å². The Morgan fingerprint density at radius 2 is 1.88 bits per heavy atom. The van der Waals surface area contributed by atoms with E-state index in [4.69, 9.17) is 23.2 Å². The van der Waals surface area contributed by atoms with Crippen molar-refractivity contribution < 1.29 is 0 Å². The zero-order valence-corrected chi connectivity index (χ0v) is 10.4. The summed E-state index contributed by atoms with van der Waals surface area (Å²) < 4.78 is 0. The van der Waals surface area contributed by atoms with E-state index in [-0.39, 0.29) is 0 Å². The summed E-state index contributed by atoms with van der Waals surface area (Å²) >= 11 is 12.4. The Kier molecular flexibility index (Phi) is 2.34. The zero-order chi connectivity index (χ0) is 11.3. The van der Waals surface area contributed by atoms with Crippen molar-refractivity contribution in [1.29, 1.82) is 0 Å². The molecule has 0 atom stereocenters. The number of halogens is 2. The smallest absolute Gasteiger partial charge is 0.0735 e. The number of hydrogen-bond acceptors (Lipinski definition) is 1. The van der Waals surface area contributed by atoms with E-state index in [2.05, 4.69) is 4.98 Å². The van der Waals surface area contributed by atoms with Crippen LogP contribution in [0, 0.1) is 6.92 Å². The van der Waals surface area contributed by atoms with Gasteiger partial charge in [-0.3, -0.25) is 4.98 Å². The highest BCUT2D eigenvalue weighted by Gasteiger charge is 2.25. The van der Waals surface area contributed by atoms with Crippen molar-refractivity contribution >= 4 is 34.1 Å². The number of hydrogen-bond donors (Lipinski definition) is 0. The van der Waals surface area contributed by atoms with Crippen LogP contribution in [-0.4, -0.2) is 4.98 Å². The molecule has 1 heterocycles. The number of aryl methyl sites for hydroxylation is 1. The molecule has 1 aliphatic carbocycles. The minimum atomic E-state index is 0.613. The summed E-state index contributed by atoms with van der Waals surface area (Å²) in [5, 5.41) is 2.53. The molecule has 0 unspecified atom stereocenters. The van der Waals surface area contributed by atoms with Gasteiger partial charge in [-0.25, -0.2) is 0 Å². The Bertz CT molecular complexity index is 574. The van der Waals surface area contributed by atoms with Crippen molar-refractivity contribution in [2.75, 3.05) is 0 Å². The second-order valence-corrected chi connectivity index (χ2v) is 5.24. The number of rotatable bonds is 1.